The molecule has 1 N–H and O–H groups in total. The predicted octanol–water partition coefficient (Wildman–Crippen LogP) is 1.50. The van der Waals surface area contributed by atoms with E-state index in [-0.39, 0.29) is 6.10 Å². The number of rotatable bonds is 6. The molecule has 94 valence electrons. The number of ether oxygens (including phenoxy) is 1. The van der Waals surface area contributed by atoms with E-state index in [1.807, 2.05) is 0 Å². The van der Waals surface area contributed by atoms with Crippen molar-refractivity contribution in [3.05, 3.63) is 0 Å². The maximum atomic E-state index is 10.2. The molecule has 0 bridgehead atoms. The Balaban J connectivity index is 1.79. The largest absolute Gasteiger partial charge is 0.391 e. The first-order valence-electron chi connectivity index (χ1n) is 6.66. The molecule has 2 aliphatic rings. The summed E-state index contributed by atoms with van der Waals surface area (Å²) in [4.78, 5) is 2.48. The van der Waals surface area contributed by atoms with Crippen LogP contribution in [0.5, 0.6) is 0 Å². The van der Waals surface area contributed by atoms with Crippen LogP contribution in [0.15, 0.2) is 0 Å². The monoisotopic (exact) mass is 227 g/mol. The summed E-state index contributed by atoms with van der Waals surface area (Å²) >= 11 is 0. The van der Waals surface area contributed by atoms with Gasteiger partial charge in [0.2, 0.25) is 0 Å². The molecule has 2 unspecified atom stereocenters. The van der Waals surface area contributed by atoms with Gasteiger partial charge in [0.15, 0.2) is 0 Å². The Kier molecular flexibility index (Phi) is 4.22. The SMILES string of the molecule is CC(C)CN(CC(O)C1CCOC1)C1CC1. The number of hydrogen-bond donors (Lipinski definition) is 1. The summed E-state index contributed by atoms with van der Waals surface area (Å²) in [6.07, 6.45) is 3.48. The average molecular weight is 227 g/mol. The Morgan fingerprint density at radius 2 is 2.00 bits per heavy atom. The molecule has 1 saturated carbocycles. The molecule has 16 heavy (non-hydrogen) atoms. The Labute approximate surface area is 98.8 Å². The van der Waals surface area contributed by atoms with Crippen molar-refractivity contribution in [2.75, 3.05) is 26.3 Å². The van der Waals surface area contributed by atoms with Crippen LogP contribution in [0.2, 0.25) is 0 Å². The van der Waals surface area contributed by atoms with Gasteiger partial charge in [0.05, 0.1) is 12.7 Å². The quantitative estimate of drug-likeness (QED) is 0.746. The zero-order valence-electron chi connectivity index (χ0n) is 10.6. The van der Waals surface area contributed by atoms with E-state index in [9.17, 15) is 5.11 Å². The third-order valence-corrected chi connectivity index (χ3v) is 3.59. The highest BCUT2D eigenvalue weighted by Gasteiger charge is 2.33. The molecule has 1 aliphatic carbocycles. The standard InChI is InChI=1S/C13H25NO2/c1-10(2)7-14(12-3-4-12)8-13(15)11-5-6-16-9-11/h10-13,15H,3-9H2,1-2H3. The maximum Gasteiger partial charge on any atom is 0.0718 e. The first kappa shape index (κ1) is 12.3. The lowest BCUT2D eigenvalue weighted by atomic mass is 10.0. The van der Waals surface area contributed by atoms with Crippen LogP contribution in [-0.2, 0) is 4.74 Å². The van der Waals surface area contributed by atoms with Gasteiger partial charge in [0, 0.05) is 31.7 Å². The minimum Gasteiger partial charge on any atom is -0.391 e. The first-order chi connectivity index (χ1) is 7.66. The lowest BCUT2D eigenvalue weighted by Crippen LogP contribution is -2.40. The van der Waals surface area contributed by atoms with Crippen LogP contribution in [0.3, 0.4) is 0 Å². The second-order valence-electron chi connectivity index (χ2n) is 5.77. The molecular formula is C13H25NO2. The topological polar surface area (TPSA) is 32.7 Å². The van der Waals surface area contributed by atoms with Gasteiger partial charge in [0.1, 0.15) is 0 Å². The van der Waals surface area contributed by atoms with Gasteiger partial charge < -0.3 is 9.84 Å². The predicted molar refractivity (Wildman–Crippen MR) is 64.4 cm³/mol. The molecule has 0 radical (unpaired) electrons. The van der Waals surface area contributed by atoms with E-state index in [1.165, 1.54) is 12.8 Å². The molecular weight excluding hydrogens is 202 g/mol. The third kappa shape index (κ3) is 3.44. The Morgan fingerprint density at radius 3 is 2.50 bits per heavy atom. The summed E-state index contributed by atoms with van der Waals surface area (Å²) in [5.74, 6) is 1.06. The van der Waals surface area contributed by atoms with E-state index >= 15 is 0 Å². The van der Waals surface area contributed by atoms with Crippen molar-refractivity contribution in [1.29, 1.82) is 0 Å². The number of nitrogens with zero attached hydrogens (tertiary/aromatic N) is 1. The molecule has 0 aromatic rings. The highest BCUT2D eigenvalue weighted by molar-refractivity contribution is 4.87. The molecule has 2 fully saturated rings. The highest BCUT2D eigenvalue weighted by Crippen LogP contribution is 2.29. The van der Waals surface area contributed by atoms with Crippen molar-refractivity contribution in [2.45, 2.75) is 45.3 Å². The van der Waals surface area contributed by atoms with Crippen molar-refractivity contribution in [3.63, 3.8) is 0 Å². The van der Waals surface area contributed by atoms with Crippen LogP contribution < -0.4 is 0 Å². The molecule has 1 aliphatic heterocycles. The zero-order chi connectivity index (χ0) is 11.5. The number of hydrogen-bond acceptors (Lipinski definition) is 3. The van der Waals surface area contributed by atoms with E-state index in [4.69, 9.17) is 4.74 Å². The van der Waals surface area contributed by atoms with E-state index in [0.29, 0.717) is 11.8 Å². The summed E-state index contributed by atoms with van der Waals surface area (Å²) in [5.41, 5.74) is 0. The van der Waals surface area contributed by atoms with E-state index in [0.717, 1.165) is 38.8 Å². The van der Waals surface area contributed by atoms with Crippen molar-refractivity contribution in [1.82, 2.24) is 4.90 Å². The van der Waals surface area contributed by atoms with Crippen LogP contribution in [0.4, 0.5) is 0 Å². The molecule has 3 nitrogen and oxygen atoms in total. The normalized spacial score (nSPS) is 27.9. The smallest absolute Gasteiger partial charge is 0.0718 e. The fourth-order valence-corrected chi connectivity index (χ4v) is 2.53. The van der Waals surface area contributed by atoms with E-state index < -0.39 is 0 Å². The van der Waals surface area contributed by atoms with Crippen molar-refractivity contribution in [2.24, 2.45) is 11.8 Å². The van der Waals surface area contributed by atoms with Gasteiger partial charge in [-0.25, -0.2) is 0 Å². The summed E-state index contributed by atoms with van der Waals surface area (Å²) in [7, 11) is 0. The van der Waals surface area contributed by atoms with Crippen molar-refractivity contribution >= 4 is 0 Å². The Bertz CT molecular complexity index is 210. The van der Waals surface area contributed by atoms with E-state index in [2.05, 4.69) is 18.7 Å². The summed E-state index contributed by atoms with van der Waals surface area (Å²) in [6.45, 7) is 8.05. The van der Waals surface area contributed by atoms with Gasteiger partial charge in [-0.3, -0.25) is 4.90 Å². The molecule has 0 aromatic carbocycles. The summed E-state index contributed by atoms with van der Waals surface area (Å²) in [5, 5.41) is 10.2. The number of aliphatic hydroxyl groups is 1. The van der Waals surface area contributed by atoms with Crippen LogP contribution >= 0.6 is 0 Å². The minimum absolute atomic E-state index is 0.193. The van der Waals surface area contributed by atoms with Crippen LogP contribution in [0, 0.1) is 11.8 Å². The average Bonchev–Trinajstić information content (AvgIpc) is 2.91. The molecule has 0 amide bonds. The van der Waals surface area contributed by atoms with Gasteiger partial charge in [-0.05, 0) is 25.2 Å². The molecule has 0 spiro atoms. The van der Waals surface area contributed by atoms with Gasteiger partial charge in [0.25, 0.3) is 0 Å². The third-order valence-electron chi connectivity index (χ3n) is 3.59. The lowest BCUT2D eigenvalue weighted by Gasteiger charge is -2.28. The van der Waals surface area contributed by atoms with Crippen LogP contribution in [-0.4, -0.2) is 48.5 Å². The molecule has 0 aromatic heterocycles. The van der Waals surface area contributed by atoms with Gasteiger partial charge >= 0.3 is 0 Å². The van der Waals surface area contributed by atoms with Crippen molar-refractivity contribution in [3.8, 4) is 0 Å². The highest BCUT2D eigenvalue weighted by atomic mass is 16.5. The lowest BCUT2D eigenvalue weighted by molar-refractivity contribution is 0.0495. The molecule has 3 heteroatoms. The van der Waals surface area contributed by atoms with Gasteiger partial charge in [-0.1, -0.05) is 13.8 Å². The number of aliphatic hydroxyl groups excluding tert-OH is 1. The zero-order valence-corrected chi connectivity index (χ0v) is 10.6. The summed E-state index contributed by atoms with van der Waals surface area (Å²) < 4.78 is 5.34. The molecule has 2 atom stereocenters. The van der Waals surface area contributed by atoms with Crippen molar-refractivity contribution < 1.29 is 9.84 Å². The van der Waals surface area contributed by atoms with Gasteiger partial charge in [-0.2, -0.15) is 0 Å². The van der Waals surface area contributed by atoms with Crippen LogP contribution in [0.1, 0.15) is 33.1 Å². The molecule has 2 rings (SSSR count). The summed E-state index contributed by atoms with van der Waals surface area (Å²) in [6, 6.07) is 0.749. The minimum atomic E-state index is -0.193. The second kappa shape index (κ2) is 5.48. The van der Waals surface area contributed by atoms with Gasteiger partial charge in [-0.15, -0.1) is 0 Å². The maximum absolute atomic E-state index is 10.2. The Morgan fingerprint density at radius 1 is 1.25 bits per heavy atom. The molecule has 1 heterocycles. The molecule has 1 saturated heterocycles. The van der Waals surface area contributed by atoms with Crippen LogP contribution in [0.25, 0.3) is 0 Å². The second-order valence-corrected chi connectivity index (χ2v) is 5.77. The van der Waals surface area contributed by atoms with E-state index in [1.54, 1.807) is 0 Å². The Hall–Kier alpha value is -0.120. The first-order valence-corrected chi connectivity index (χ1v) is 6.66. The fourth-order valence-electron chi connectivity index (χ4n) is 2.53. The fraction of sp³-hybridized carbons (Fsp3) is 1.00.